The third-order valence-corrected chi connectivity index (χ3v) is 7.02. The van der Waals surface area contributed by atoms with Gasteiger partial charge in [0.25, 0.3) is 0 Å². The summed E-state index contributed by atoms with van der Waals surface area (Å²) in [5.41, 5.74) is 4.08. The second-order valence-electron chi connectivity index (χ2n) is 7.73. The number of nitrogens with one attached hydrogen (secondary N) is 1. The fourth-order valence-electron chi connectivity index (χ4n) is 3.49. The van der Waals surface area contributed by atoms with Crippen LogP contribution in [-0.4, -0.2) is 32.3 Å². The van der Waals surface area contributed by atoms with Crippen molar-refractivity contribution < 1.29 is 17.9 Å². The van der Waals surface area contributed by atoms with E-state index in [2.05, 4.69) is 5.32 Å². The molecule has 3 rings (SSSR count). The Bertz CT molecular complexity index is 1190. The maximum atomic E-state index is 13.7. The fourth-order valence-corrected chi connectivity index (χ4v) is 5.11. The molecule has 1 N–H and O–H groups in total. The third kappa shape index (κ3) is 5.36. The van der Waals surface area contributed by atoms with Crippen LogP contribution in [0.5, 0.6) is 5.75 Å². The zero-order chi connectivity index (χ0) is 23.3. The predicted octanol–water partition coefficient (Wildman–Crippen LogP) is 4.45. The van der Waals surface area contributed by atoms with Crippen molar-refractivity contribution in [2.24, 2.45) is 0 Å². The van der Waals surface area contributed by atoms with Gasteiger partial charge in [0.1, 0.15) is 10.6 Å². The quantitative estimate of drug-likeness (QED) is 0.548. The molecule has 0 radical (unpaired) electrons. The summed E-state index contributed by atoms with van der Waals surface area (Å²) in [7, 11) is -2.60. The number of hydrogen-bond acceptors (Lipinski definition) is 4. The summed E-state index contributed by atoms with van der Waals surface area (Å²) < 4.78 is 33.8. The molecule has 0 bridgehead atoms. The maximum absolute atomic E-state index is 13.7. The van der Waals surface area contributed by atoms with Crippen LogP contribution in [0.3, 0.4) is 0 Å². The zero-order valence-corrected chi connectivity index (χ0v) is 19.6. The minimum atomic E-state index is -4.02. The lowest BCUT2D eigenvalue weighted by Gasteiger charge is -2.23. The van der Waals surface area contributed by atoms with E-state index in [1.54, 1.807) is 18.2 Å². The molecule has 0 spiro atoms. The first-order valence-corrected chi connectivity index (χ1v) is 11.7. The summed E-state index contributed by atoms with van der Waals surface area (Å²) >= 11 is 0. The van der Waals surface area contributed by atoms with Gasteiger partial charge in [0.2, 0.25) is 15.9 Å². The van der Waals surface area contributed by atoms with E-state index in [4.69, 9.17) is 4.74 Å². The molecule has 0 heterocycles. The van der Waals surface area contributed by atoms with E-state index in [0.29, 0.717) is 5.69 Å². The number of methoxy groups -OCH3 is 1. The molecule has 3 aromatic carbocycles. The summed E-state index contributed by atoms with van der Waals surface area (Å²) in [6.45, 7) is 5.34. The molecule has 6 nitrogen and oxygen atoms in total. The number of benzene rings is 3. The Morgan fingerprint density at radius 1 is 0.938 bits per heavy atom. The number of sulfonamides is 1. The number of amides is 1. The van der Waals surface area contributed by atoms with E-state index in [1.807, 2.05) is 69.3 Å². The maximum Gasteiger partial charge on any atom is 0.247 e. The standard InChI is InChI=1S/C25H28N2O4S/c1-18-13-14-22(31-4)23(15-18)32(29,30)27(16-21-11-6-5-7-12-21)17-24(28)26-25-19(2)9-8-10-20(25)3/h5-15H,16-17H2,1-4H3,(H,26,28). The van der Waals surface area contributed by atoms with E-state index in [1.165, 1.54) is 11.4 Å². The van der Waals surface area contributed by atoms with Gasteiger partial charge in [-0.05, 0) is 55.2 Å². The highest BCUT2D eigenvalue weighted by molar-refractivity contribution is 7.89. The van der Waals surface area contributed by atoms with Crippen molar-refractivity contribution in [1.82, 2.24) is 4.31 Å². The second-order valence-corrected chi connectivity index (χ2v) is 9.63. The Hall–Kier alpha value is -3.16. The van der Waals surface area contributed by atoms with Gasteiger partial charge < -0.3 is 10.1 Å². The number of nitrogens with zero attached hydrogens (tertiary/aromatic N) is 1. The van der Waals surface area contributed by atoms with Gasteiger partial charge >= 0.3 is 0 Å². The molecule has 7 heteroatoms. The number of para-hydroxylation sites is 1. The van der Waals surface area contributed by atoms with Crippen LogP contribution in [0.1, 0.15) is 22.3 Å². The molecule has 0 fully saturated rings. The predicted molar refractivity (Wildman–Crippen MR) is 126 cm³/mol. The van der Waals surface area contributed by atoms with Crippen molar-refractivity contribution in [3.05, 3.63) is 89.0 Å². The summed E-state index contributed by atoms with van der Waals surface area (Å²) in [5, 5.41) is 2.88. The average Bonchev–Trinajstić information content (AvgIpc) is 2.76. The Labute approximate surface area is 189 Å². The second kappa shape index (κ2) is 9.97. The molecule has 0 saturated carbocycles. The van der Waals surface area contributed by atoms with E-state index >= 15 is 0 Å². The molecule has 0 saturated heterocycles. The molecule has 3 aromatic rings. The first-order valence-electron chi connectivity index (χ1n) is 10.3. The Morgan fingerprint density at radius 3 is 2.22 bits per heavy atom. The number of carbonyl (C=O) groups is 1. The number of hydrogen-bond donors (Lipinski definition) is 1. The van der Waals surface area contributed by atoms with Crippen LogP contribution in [0.2, 0.25) is 0 Å². The van der Waals surface area contributed by atoms with Gasteiger partial charge in [-0.3, -0.25) is 4.79 Å². The largest absolute Gasteiger partial charge is 0.495 e. The first kappa shape index (κ1) is 23.5. The first-order chi connectivity index (χ1) is 15.2. The molecule has 0 aliphatic rings. The summed E-state index contributed by atoms with van der Waals surface area (Å²) in [6.07, 6.45) is 0. The minimum Gasteiger partial charge on any atom is -0.495 e. The number of rotatable bonds is 8. The van der Waals surface area contributed by atoms with E-state index in [-0.39, 0.29) is 23.7 Å². The molecule has 168 valence electrons. The molecule has 0 aromatic heterocycles. The van der Waals surface area contributed by atoms with Crippen LogP contribution in [0, 0.1) is 20.8 Å². The Kier molecular flexibility index (Phi) is 7.33. The molecular formula is C25H28N2O4S. The van der Waals surface area contributed by atoms with Crippen molar-refractivity contribution in [3.8, 4) is 5.75 Å². The number of anilines is 1. The lowest BCUT2D eigenvalue weighted by molar-refractivity contribution is -0.116. The summed E-state index contributed by atoms with van der Waals surface area (Å²) in [5.74, 6) is -0.169. The van der Waals surface area contributed by atoms with E-state index < -0.39 is 15.9 Å². The van der Waals surface area contributed by atoms with Gasteiger partial charge in [-0.1, -0.05) is 54.6 Å². The molecule has 1 amide bonds. The van der Waals surface area contributed by atoms with Crippen LogP contribution in [-0.2, 0) is 21.4 Å². The van der Waals surface area contributed by atoms with Gasteiger partial charge in [-0.15, -0.1) is 0 Å². The van der Waals surface area contributed by atoms with Crippen molar-refractivity contribution in [2.45, 2.75) is 32.2 Å². The molecule has 0 aliphatic heterocycles. The van der Waals surface area contributed by atoms with Crippen molar-refractivity contribution in [1.29, 1.82) is 0 Å². The van der Waals surface area contributed by atoms with Gasteiger partial charge in [0.15, 0.2) is 0 Å². The van der Waals surface area contributed by atoms with Gasteiger partial charge in [0.05, 0.1) is 13.7 Å². The normalized spacial score (nSPS) is 11.4. The van der Waals surface area contributed by atoms with Crippen LogP contribution in [0.15, 0.2) is 71.6 Å². The Morgan fingerprint density at radius 2 is 1.59 bits per heavy atom. The van der Waals surface area contributed by atoms with Crippen LogP contribution in [0.25, 0.3) is 0 Å². The summed E-state index contributed by atoms with van der Waals surface area (Å²) in [6, 6.07) is 19.9. The SMILES string of the molecule is COc1ccc(C)cc1S(=O)(=O)N(CC(=O)Nc1c(C)cccc1C)Cc1ccccc1. The fraction of sp³-hybridized carbons (Fsp3) is 0.240. The highest BCUT2D eigenvalue weighted by atomic mass is 32.2. The minimum absolute atomic E-state index is 0.0378. The zero-order valence-electron chi connectivity index (χ0n) is 18.8. The number of carbonyl (C=O) groups excluding carboxylic acids is 1. The lowest BCUT2D eigenvalue weighted by Crippen LogP contribution is -2.38. The molecule has 0 atom stereocenters. The molecular weight excluding hydrogens is 424 g/mol. The molecule has 0 aliphatic carbocycles. The van der Waals surface area contributed by atoms with Crippen molar-refractivity contribution in [3.63, 3.8) is 0 Å². The summed E-state index contributed by atoms with van der Waals surface area (Å²) in [4.78, 5) is 13.0. The van der Waals surface area contributed by atoms with Crippen LogP contribution >= 0.6 is 0 Å². The van der Waals surface area contributed by atoms with Crippen LogP contribution in [0.4, 0.5) is 5.69 Å². The number of ether oxygens (including phenoxy) is 1. The third-order valence-electron chi connectivity index (χ3n) is 5.20. The van der Waals surface area contributed by atoms with Crippen LogP contribution < -0.4 is 10.1 Å². The highest BCUT2D eigenvalue weighted by Gasteiger charge is 2.30. The molecule has 0 unspecified atom stereocenters. The topological polar surface area (TPSA) is 75.7 Å². The molecule has 32 heavy (non-hydrogen) atoms. The van der Waals surface area contributed by atoms with Gasteiger partial charge in [-0.2, -0.15) is 4.31 Å². The average molecular weight is 453 g/mol. The lowest BCUT2D eigenvalue weighted by atomic mass is 10.1. The monoisotopic (exact) mass is 452 g/mol. The van der Waals surface area contributed by atoms with Crippen molar-refractivity contribution >= 4 is 21.6 Å². The smallest absolute Gasteiger partial charge is 0.247 e. The van der Waals surface area contributed by atoms with E-state index in [0.717, 1.165) is 22.3 Å². The van der Waals surface area contributed by atoms with Crippen molar-refractivity contribution in [2.75, 3.05) is 19.0 Å². The highest BCUT2D eigenvalue weighted by Crippen LogP contribution is 2.29. The van der Waals surface area contributed by atoms with Gasteiger partial charge in [0, 0.05) is 12.2 Å². The van der Waals surface area contributed by atoms with E-state index in [9.17, 15) is 13.2 Å². The number of aryl methyl sites for hydroxylation is 3. The Balaban J connectivity index is 1.97. The van der Waals surface area contributed by atoms with Gasteiger partial charge in [-0.25, -0.2) is 8.42 Å².